The fraction of sp³-hybridized carbons (Fsp3) is 0.368. The molecule has 1 aromatic heterocycles. The summed E-state index contributed by atoms with van der Waals surface area (Å²) in [7, 11) is -3.62. The van der Waals surface area contributed by atoms with Gasteiger partial charge in [0.1, 0.15) is 0 Å². The van der Waals surface area contributed by atoms with Crippen LogP contribution in [0.4, 0.5) is 10.5 Å². The van der Waals surface area contributed by atoms with Gasteiger partial charge in [-0.1, -0.05) is 13.0 Å². The largest absolute Gasteiger partial charge is 0.334 e. The van der Waals surface area contributed by atoms with Crippen LogP contribution in [-0.4, -0.2) is 32.1 Å². The van der Waals surface area contributed by atoms with Crippen molar-refractivity contribution in [2.75, 3.05) is 11.9 Å². The number of carbonyl (C=O) groups is 1. The first-order valence-electron chi connectivity index (χ1n) is 9.22. The van der Waals surface area contributed by atoms with E-state index in [9.17, 15) is 13.2 Å². The molecule has 28 heavy (non-hydrogen) atoms. The van der Waals surface area contributed by atoms with Gasteiger partial charge < -0.3 is 16.0 Å². The lowest BCUT2D eigenvalue weighted by Gasteiger charge is -2.28. The Kier molecular flexibility index (Phi) is 6.61. The summed E-state index contributed by atoms with van der Waals surface area (Å²) >= 11 is 0. The second-order valence-electron chi connectivity index (χ2n) is 6.96. The third-order valence-electron chi connectivity index (χ3n) is 4.56. The van der Waals surface area contributed by atoms with E-state index in [4.69, 9.17) is 0 Å². The van der Waals surface area contributed by atoms with Gasteiger partial charge in [0.25, 0.3) is 0 Å². The molecule has 3 rings (SSSR count). The van der Waals surface area contributed by atoms with Gasteiger partial charge in [-0.25, -0.2) is 13.2 Å². The normalized spacial score (nSPS) is 19.8. The van der Waals surface area contributed by atoms with Crippen molar-refractivity contribution in [2.45, 2.75) is 37.4 Å². The molecule has 1 saturated heterocycles. The molecule has 1 aliphatic heterocycles. The van der Waals surface area contributed by atoms with Crippen LogP contribution in [0.3, 0.4) is 0 Å². The van der Waals surface area contributed by atoms with Crippen molar-refractivity contribution < 1.29 is 13.2 Å². The van der Waals surface area contributed by atoms with Crippen molar-refractivity contribution in [1.82, 2.24) is 20.3 Å². The number of pyridine rings is 1. The van der Waals surface area contributed by atoms with Gasteiger partial charge in [-0.05, 0) is 61.2 Å². The summed E-state index contributed by atoms with van der Waals surface area (Å²) in [5.41, 5.74) is 1.39. The van der Waals surface area contributed by atoms with Crippen LogP contribution in [0.5, 0.6) is 0 Å². The zero-order chi connectivity index (χ0) is 20.0. The maximum Gasteiger partial charge on any atom is 0.319 e. The highest BCUT2D eigenvalue weighted by atomic mass is 32.2. The van der Waals surface area contributed by atoms with Crippen molar-refractivity contribution in [3.05, 3.63) is 54.4 Å². The Morgan fingerprint density at radius 3 is 2.64 bits per heavy atom. The van der Waals surface area contributed by atoms with Crippen LogP contribution < -0.4 is 20.7 Å². The zero-order valence-corrected chi connectivity index (χ0v) is 16.5. The summed E-state index contributed by atoms with van der Waals surface area (Å²) in [5, 5.41) is 8.60. The van der Waals surface area contributed by atoms with Crippen LogP contribution >= 0.6 is 0 Å². The second kappa shape index (κ2) is 9.13. The average molecular weight is 404 g/mol. The minimum atomic E-state index is -3.62. The number of sulfonamides is 1. The number of rotatable bonds is 6. The molecule has 2 amide bonds. The lowest BCUT2D eigenvalue weighted by Crippen LogP contribution is -2.49. The quantitative estimate of drug-likeness (QED) is 0.590. The van der Waals surface area contributed by atoms with E-state index in [2.05, 4.69) is 32.6 Å². The third kappa shape index (κ3) is 5.75. The van der Waals surface area contributed by atoms with E-state index in [1.807, 2.05) is 6.07 Å². The molecule has 8 nitrogen and oxygen atoms in total. The summed E-state index contributed by atoms with van der Waals surface area (Å²) < 4.78 is 27.7. The topological polar surface area (TPSA) is 112 Å². The predicted octanol–water partition coefficient (Wildman–Crippen LogP) is 2.03. The maximum atomic E-state index is 12.5. The maximum absolute atomic E-state index is 12.5. The van der Waals surface area contributed by atoms with Crippen molar-refractivity contribution in [3.8, 4) is 0 Å². The van der Waals surface area contributed by atoms with Gasteiger partial charge in [0.05, 0.1) is 11.1 Å². The molecule has 0 bridgehead atoms. The Morgan fingerprint density at radius 2 is 2.00 bits per heavy atom. The number of hydrogen-bond acceptors (Lipinski definition) is 5. The molecular formula is C19H25N5O3S. The molecule has 0 spiro atoms. The number of nitrogens with one attached hydrogen (secondary N) is 4. The van der Waals surface area contributed by atoms with Crippen LogP contribution in [-0.2, 0) is 16.6 Å². The number of nitrogens with zero attached hydrogens (tertiary/aromatic N) is 1. The molecule has 0 saturated carbocycles. The number of piperidine rings is 1. The first-order chi connectivity index (χ1) is 13.4. The number of hydrogen-bond donors (Lipinski definition) is 4. The van der Waals surface area contributed by atoms with Gasteiger partial charge in [-0.3, -0.25) is 4.98 Å². The lowest BCUT2D eigenvalue weighted by atomic mass is 10.0. The van der Waals surface area contributed by atoms with Crippen LogP contribution in [0.1, 0.15) is 25.3 Å². The number of urea groups is 1. The summed E-state index contributed by atoms with van der Waals surface area (Å²) in [6.45, 7) is 3.28. The van der Waals surface area contributed by atoms with E-state index in [0.717, 1.165) is 24.9 Å². The summed E-state index contributed by atoms with van der Waals surface area (Å²) in [4.78, 5) is 16.1. The van der Waals surface area contributed by atoms with E-state index in [1.165, 1.54) is 12.1 Å². The fourth-order valence-electron chi connectivity index (χ4n) is 2.93. The van der Waals surface area contributed by atoms with Gasteiger partial charge in [-0.15, -0.1) is 0 Å². The molecule has 9 heteroatoms. The van der Waals surface area contributed by atoms with E-state index in [1.54, 1.807) is 30.6 Å². The van der Waals surface area contributed by atoms with Gasteiger partial charge in [0.2, 0.25) is 10.0 Å². The Morgan fingerprint density at radius 1 is 1.21 bits per heavy atom. The number of carbonyl (C=O) groups excluding carboxylic acids is 1. The van der Waals surface area contributed by atoms with Crippen LogP contribution in [0, 0.1) is 5.92 Å². The highest BCUT2D eigenvalue weighted by molar-refractivity contribution is 7.89. The van der Waals surface area contributed by atoms with Crippen molar-refractivity contribution in [1.29, 1.82) is 0 Å². The van der Waals surface area contributed by atoms with Crippen molar-refractivity contribution in [3.63, 3.8) is 0 Å². The standard InChI is InChI=1S/C19H25N5O3S/c1-14-4-9-18(21-11-14)24-28(26,27)17-7-5-16(6-8-17)23-19(25)22-13-15-3-2-10-20-12-15/h2-3,5-8,10,12,14,18,21,24H,4,9,11,13H2,1H3,(H2,22,23,25). The van der Waals surface area contributed by atoms with E-state index in [0.29, 0.717) is 18.2 Å². The molecule has 2 aromatic rings. The minimum Gasteiger partial charge on any atom is -0.334 e. The molecule has 2 unspecified atom stereocenters. The van der Waals surface area contributed by atoms with Crippen molar-refractivity contribution in [2.24, 2.45) is 5.92 Å². The molecule has 0 aliphatic carbocycles. The first-order valence-corrected chi connectivity index (χ1v) is 10.7. The number of amides is 2. The second-order valence-corrected chi connectivity index (χ2v) is 8.67. The first kappa shape index (κ1) is 20.2. The Balaban J connectivity index is 1.53. The summed E-state index contributed by atoms with van der Waals surface area (Å²) in [5.74, 6) is 0.551. The van der Waals surface area contributed by atoms with Gasteiger partial charge in [0, 0.05) is 24.6 Å². The van der Waals surface area contributed by atoms with E-state index >= 15 is 0 Å². The number of aromatic nitrogens is 1. The fourth-order valence-corrected chi connectivity index (χ4v) is 4.14. The zero-order valence-electron chi connectivity index (χ0n) is 15.7. The van der Waals surface area contributed by atoms with Crippen LogP contribution in [0.2, 0.25) is 0 Å². The Hall–Kier alpha value is -2.49. The number of anilines is 1. The Labute approximate surface area is 165 Å². The molecule has 1 aromatic carbocycles. The molecule has 4 N–H and O–H groups in total. The van der Waals surface area contributed by atoms with Crippen LogP contribution in [0.15, 0.2) is 53.7 Å². The van der Waals surface area contributed by atoms with Gasteiger partial charge >= 0.3 is 6.03 Å². The highest BCUT2D eigenvalue weighted by Gasteiger charge is 2.23. The average Bonchev–Trinajstić information content (AvgIpc) is 2.69. The van der Waals surface area contributed by atoms with Gasteiger partial charge in [-0.2, -0.15) is 4.72 Å². The van der Waals surface area contributed by atoms with Gasteiger partial charge in [0.15, 0.2) is 0 Å². The third-order valence-corrected chi connectivity index (χ3v) is 6.04. The predicted molar refractivity (Wildman–Crippen MR) is 107 cm³/mol. The molecule has 150 valence electrons. The highest BCUT2D eigenvalue weighted by Crippen LogP contribution is 2.17. The molecule has 1 aliphatic rings. The monoisotopic (exact) mass is 403 g/mol. The lowest BCUT2D eigenvalue weighted by molar-refractivity contribution is 0.251. The van der Waals surface area contributed by atoms with E-state index < -0.39 is 10.0 Å². The smallest absolute Gasteiger partial charge is 0.319 e. The SMILES string of the molecule is CC1CCC(NS(=O)(=O)c2ccc(NC(=O)NCc3cccnc3)cc2)NC1. The van der Waals surface area contributed by atoms with Crippen molar-refractivity contribution >= 4 is 21.7 Å². The Bertz CT molecular complexity index is 880. The molecular weight excluding hydrogens is 378 g/mol. The number of benzene rings is 1. The van der Waals surface area contributed by atoms with Crippen LogP contribution in [0.25, 0.3) is 0 Å². The summed E-state index contributed by atoms with van der Waals surface area (Å²) in [6.07, 6.45) is 4.83. The van der Waals surface area contributed by atoms with E-state index in [-0.39, 0.29) is 17.1 Å². The minimum absolute atomic E-state index is 0.161. The molecule has 0 radical (unpaired) electrons. The molecule has 1 fully saturated rings. The molecule has 2 atom stereocenters. The summed E-state index contributed by atoms with van der Waals surface area (Å²) in [6, 6.07) is 9.36. The molecule has 2 heterocycles.